The van der Waals surface area contributed by atoms with Crippen molar-refractivity contribution in [1.82, 2.24) is 0 Å². The Balaban J connectivity index is 3.06. The lowest BCUT2D eigenvalue weighted by Crippen LogP contribution is -2.26. The van der Waals surface area contributed by atoms with Gasteiger partial charge >= 0.3 is 6.61 Å². The first kappa shape index (κ1) is 11.8. The van der Waals surface area contributed by atoms with E-state index in [0.29, 0.717) is 0 Å². The third-order valence-electron chi connectivity index (χ3n) is 1.75. The van der Waals surface area contributed by atoms with Crippen LogP contribution in [-0.4, -0.2) is 13.2 Å². The van der Waals surface area contributed by atoms with Crippen LogP contribution in [0.2, 0.25) is 0 Å². The lowest BCUT2D eigenvalue weighted by atomic mass is 10.1. The highest BCUT2D eigenvalue weighted by Gasteiger charge is 2.33. The van der Waals surface area contributed by atoms with Gasteiger partial charge in [0.05, 0.1) is 12.1 Å². The van der Waals surface area contributed by atoms with Gasteiger partial charge in [-0.1, -0.05) is 12.1 Å². The summed E-state index contributed by atoms with van der Waals surface area (Å²) in [6, 6.07) is 4.68. The summed E-state index contributed by atoms with van der Waals surface area (Å²) < 4.78 is 54.0. The first-order chi connectivity index (χ1) is 6.97. The number of alkyl halides is 4. The van der Waals surface area contributed by atoms with Gasteiger partial charge in [-0.15, -0.1) is 0 Å². The predicted octanol–water partition coefficient (Wildman–Crippen LogP) is 2.34. The van der Waals surface area contributed by atoms with E-state index >= 15 is 0 Å². The highest BCUT2D eigenvalue weighted by Crippen LogP contribution is 2.34. The van der Waals surface area contributed by atoms with Gasteiger partial charge in [-0.25, -0.2) is 0 Å². The molecule has 2 N–H and O–H groups in total. The summed E-state index contributed by atoms with van der Waals surface area (Å²) in [5.41, 5.74) is 4.21. The molecule has 0 radical (unpaired) electrons. The molecule has 0 atom stereocenters. The van der Waals surface area contributed by atoms with Crippen LogP contribution in [0.25, 0.3) is 0 Å². The molecule has 0 aromatic heterocycles. The molecule has 0 spiro atoms. The zero-order chi connectivity index (χ0) is 11.5. The number of halogens is 4. The Morgan fingerprint density at radius 3 is 2.40 bits per heavy atom. The van der Waals surface area contributed by atoms with Crippen LogP contribution in [0.1, 0.15) is 5.56 Å². The van der Waals surface area contributed by atoms with Gasteiger partial charge in [0.25, 0.3) is 5.92 Å². The van der Waals surface area contributed by atoms with Gasteiger partial charge < -0.3 is 10.5 Å². The molecule has 15 heavy (non-hydrogen) atoms. The smallest absolute Gasteiger partial charge is 0.387 e. The fourth-order valence-electron chi connectivity index (χ4n) is 1.08. The molecule has 0 saturated heterocycles. The van der Waals surface area contributed by atoms with Crippen LogP contribution in [0.5, 0.6) is 5.75 Å². The summed E-state index contributed by atoms with van der Waals surface area (Å²) in [5, 5.41) is 0. The summed E-state index contributed by atoms with van der Waals surface area (Å²) >= 11 is 0. The minimum atomic E-state index is -3.37. The largest absolute Gasteiger partial charge is 0.434 e. The molecule has 84 valence electrons. The van der Waals surface area contributed by atoms with Crippen molar-refractivity contribution >= 4 is 0 Å². The van der Waals surface area contributed by atoms with E-state index < -0.39 is 30.4 Å². The monoisotopic (exact) mass is 223 g/mol. The molecule has 2 nitrogen and oxygen atoms in total. The number of hydrogen-bond acceptors (Lipinski definition) is 2. The Hall–Kier alpha value is -1.30. The molecule has 0 unspecified atom stereocenters. The second-order valence-corrected chi connectivity index (χ2v) is 2.78. The lowest BCUT2D eigenvalue weighted by molar-refractivity contribution is -0.0571. The number of rotatable bonds is 4. The highest BCUT2D eigenvalue weighted by atomic mass is 19.3. The number of ether oxygens (including phenoxy) is 1. The minimum absolute atomic E-state index is 0.553. The normalized spacial score (nSPS) is 11.9. The average molecular weight is 223 g/mol. The van der Waals surface area contributed by atoms with E-state index in [9.17, 15) is 17.6 Å². The lowest BCUT2D eigenvalue weighted by Gasteiger charge is -2.17. The Morgan fingerprint density at radius 2 is 1.87 bits per heavy atom. The van der Waals surface area contributed by atoms with Crippen LogP contribution < -0.4 is 10.5 Å². The topological polar surface area (TPSA) is 35.2 Å². The second-order valence-electron chi connectivity index (χ2n) is 2.78. The van der Waals surface area contributed by atoms with Crippen LogP contribution in [-0.2, 0) is 5.92 Å². The molecule has 0 bridgehead atoms. The molecule has 0 amide bonds. The summed E-state index contributed by atoms with van der Waals surface area (Å²) in [5.74, 6) is -3.92. The number of benzene rings is 1. The molecular weight excluding hydrogens is 214 g/mol. The van der Waals surface area contributed by atoms with Crippen molar-refractivity contribution < 1.29 is 22.3 Å². The van der Waals surface area contributed by atoms with Gasteiger partial charge in [0.2, 0.25) is 0 Å². The Bertz CT molecular complexity index is 330. The third-order valence-corrected chi connectivity index (χ3v) is 1.75. The molecule has 0 fully saturated rings. The number of para-hydroxylation sites is 1. The van der Waals surface area contributed by atoms with Crippen molar-refractivity contribution in [2.24, 2.45) is 5.73 Å². The number of hydrogen-bond donors (Lipinski definition) is 1. The van der Waals surface area contributed by atoms with E-state index in [1.807, 2.05) is 0 Å². The van der Waals surface area contributed by atoms with Gasteiger partial charge in [-0.3, -0.25) is 0 Å². The van der Waals surface area contributed by atoms with Crippen LogP contribution >= 0.6 is 0 Å². The second kappa shape index (κ2) is 4.48. The van der Waals surface area contributed by atoms with Crippen molar-refractivity contribution in [2.45, 2.75) is 12.5 Å². The first-order valence-electron chi connectivity index (χ1n) is 4.09. The summed E-state index contributed by atoms with van der Waals surface area (Å²) in [6.07, 6.45) is 0. The van der Waals surface area contributed by atoms with E-state index in [-0.39, 0.29) is 0 Å². The Labute approximate surface area is 83.6 Å². The Kier molecular flexibility index (Phi) is 3.52. The van der Waals surface area contributed by atoms with Crippen molar-refractivity contribution in [2.75, 3.05) is 6.54 Å². The van der Waals surface area contributed by atoms with Crippen LogP contribution in [0.4, 0.5) is 17.6 Å². The van der Waals surface area contributed by atoms with Crippen LogP contribution in [0.15, 0.2) is 24.3 Å². The first-order valence-corrected chi connectivity index (χ1v) is 4.09. The molecule has 1 aromatic rings. The van der Waals surface area contributed by atoms with E-state index in [4.69, 9.17) is 5.73 Å². The molecule has 0 aliphatic carbocycles. The van der Waals surface area contributed by atoms with Gasteiger partial charge in [0.15, 0.2) is 0 Å². The zero-order valence-electron chi connectivity index (χ0n) is 7.59. The van der Waals surface area contributed by atoms with Crippen molar-refractivity contribution in [3.8, 4) is 5.75 Å². The predicted molar refractivity (Wildman–Crippen MR) is 46.0 cm³/mol. The maximum absolute atomic E-state index is 13.1. The molecule has 0 heterocycles. The van der Waals surface area contributed by atoms with Crippen LogP contribution in [0.3, 0.4) is 0 Å². The summed E-state index contributed by atoms with van der Waals surface area (Å²) in [7, 11) is 0. The van der Waals surface area contributed by atoms with Gasteiger partial charge in [-0.05, 0) is 12.1 Å². The van der Waals surface area contributed by atoms with Gasteiger partial charge in [0, 0.05) is 0 Å². The van der Waals surface area contributed by atoms with Crippen molar-refractivity contribution in [3.63, 3.8) is 0 Å². The van der Waals surface area contributed by atoms with Crippen LogP contribution in [0, 0.1) is 0 Å². The van der Waals surface area contributed by atoms with E-state index in [0.717, 1.165) is 12.1 Å². The molecule has 6 heteroatoms. The molecule has 0 saturated carbocycles. The minimum Gasteiger partial charge on any atom is -0.434 e. The average Bonchev–Trinajstić information content (AvgIpc) is 2.17. The van der Waals surface area contributed by atoms with Crippen molar-refractivity contribution in [1.29, 1.82) is 0 Å². The van der Waals surface area contributed by atoms with Gasteiger partial charge in [0.1, 0.15) is 5.75 Å². The van der Waals surface area contributed by atoms with E-state index in [2.05, 4.69) is 4.74 Å². The van der Waals surface area contributed by atoms with E-state index in [1.165, 1.54) is 12.1 Å². The summed E-state index contributed by atoms with van der Waals surface area (Å²) in [6.45, 7) is -4.10. The Morgan fingerprint density at radius 1 is 1.27 bits per heavy atom. The fraction of sp³-hybridized carbons (Fsp3) is 0.333. The quantitative estimate of drug-likeness (QED) is 0.795. The maximum Gasteiger partial charge on any atom is 0.387 e. The highest BCUT2D eigenvalue weighted by molar-refractivity contribution is 5.36. The number of nitrogens with two attached hydrogens (primary N) is 1. The van der Waals surface area contributed by atoms with E-state index in [1.54, 1.807) is 0 Å². The molecule has 1 rings (SSSR count). The molecule has 1 aromatic carbocycles. The summed E-state index contributed by atoms with van der Waals surface area (Å²) in [4.78, 5) is 0. The molecular formula is C9H9F4NO. The zero-order valence-corrected chi connectivity index (χ0v) is 7.59. The standard InChI is InChI=1S/C9H9F4NO/c10-8(11)15-7-4-2-1-3-6(7)9(12,13)5-14/h1-4,8H,5,14H2. The maximum atomic E-state index is 13.1. The van der Waals surface area contributed by atoms with Crippen molar-refractivity contribution in [3.05, 3.63) is 29.8 Å². The third kappa shape index (κ3) is 2.82. The molecule has 0 aliphatic rings. The SMILES string of the molecule is NCC(F)(F)c1ccccc1OC(F)F. The fourth-order valence-corrected chi connectivity index (χ4v) is 1.08. The molecule has 0 aliphatic heterocycles. The van der Waals surface area contributed by atoms with Gasteiger partial charge in [-0.2, -0.15) is 17.6 Å².